The molecule has 0 saturated heterocycles. The van der Waals surface area contributed by atoms with E-state index in [1.165, 1.54) is 0 Å². The molecule has 0 aliphatic carbocycles. The summed E-state index contributed by atoms with van der Waals surface area (Å²) in [4.78, 5) is 4.20. The van der Waals surface area contributed by atoms with E-state index >= 15 is 0 Å². The second-order valence-corrected chi connectivity index (χ2v) is 3.15. The van der Waals surface area contributed by atoms with Gasteiger partial charge in [-0.1, -0.05) is 17.7 Å². The Bertz CT molecular complexity index is 442. The van der Waals surface area contributed by atoms with Crippen molar-refractivity contribution >= 4 is 22.5 Å². The molecule has 0 amide bonds. The number of rotatable bonds is 1. The smallest absolute Gasteiger partial charge is 0.137 e. The Balaban J connectivity index is 2.66. The lowest BCUT2D eigenvalue weighted by Crippen LogP contribution is -1.85. The van der Waals surface area contributed by atoms with Crippen molar-refractivity contribution in [1.82, 2.24) is 4.98 Å². The van der Waals surface area contributed by atoms with Crippen molar-refractivity contribution in [2.24, 2.45) is 0 Å². The maximum absolute atomic E-state index is 5.82. The molecule has 0 atom stereocenters. The number of hydrogen-bond donors (Lipinski definition) is 0. The Kier molecular flexibility index (Phi) is 2.07. The van der Waals surface area contributed by atoms with E-state index in [1.807, 2.05) is 24.3 Å². The molecule has 0 unspecified atom stereocenters. The van der Waals surface area contributed by atoms with E-state index in [-0.39, 0.29) is 0 Å². The van der Waals surface area contributed by atoms with Gasteiger partial charge in [-0.3, -0.25) is 4.98 Å². The van der Waals surface area contributed by atoms with E-state index < -0.39 is 0 Å². The standard InChI is InChI=1S/C10H8ClNO/c1-13-9-4-7-2-3-8(11)5-10(7)12-6-9/h2-6H,1H3. The molecule has 3 heteroatoms. The number of fused-ring (bicyclic) bond motifs is 1. The molecule has 0 fully saturated rings. The fraction of sp³-hybridized carbons (Fsp3) is 0.100. The van der Waals surface area contributed by atoms with Crippen LogP contribution in [0.3, 0.4) is 0 Å². The van der Waals surface area contributed by atoms with Gasteiger partial charge in [-0.15, -0.1) is 0 Å². The largest absolute Gasteiger partial charge is 0.495 e. The Morgan fingerprint density at radius 3 is 2.92 bits per heavy atom. The van der Waals surface area contributed by atoms with E-state index in [2.05, 4.69) is 4.98 Å². The average molecular weight is 194 g/mol. The fourth-order valence-corrected chi connectivity index (χ4v) is 1.35. The first-order valence-corrected chi connectivity index (χ1v) is 4.27. The lowest BCUT2D eigenvalue weighted by atomic mass is 10.2. The predicted molar refractivity (Wildman–Crippen MR) is 53.3 cm³/mol. The van der Waals surface area contributed by atoms with Gasteiger partial charge < -0.3 is 4.74 Å². The molecule has 0 N–H and O–H groups in total. The van der Waals surface area contributed by atoms with Gasteiger partial charge in [-0.25, -0.2) is 0 Å². The van der Waals surface area contributed by atoms with Crippen molar-refractivity contribution in [2.75, 3.05) is 7.11 Å². The van der Waals surface area contributed by atoms with Gasteiger partial charge in [0.1, 0.15) is 5.75 Å². The maximum Gasteiger partial charge on any atom is 0.137 e. The van der Waals surface area contributed by atoms with Crippen molar-refractivity contribution in [3.63, 3.8) is 0 Å². The number of hydrogen-bond acceptors (Lipinski definition) is 2. The second-order valence-electron chi connectivity index (χ2n) is 2.71. The predicted octanol–water partition coefficient (Wildman–Crippen LogP) is 2.90. The summed E-state index contributed by atoms with van der Waals surface area (Å²) < 4.78 is 5.06. The normalized spacial score (nSPS) is 10.3. The molecule has 2 rings (SSSR count). The summed E-state index contributed by atoms with van der Waals surface area (Å²) in [6.07, 6.45) is 1.68. The molecule has 2 aromatic rings. The lowest BCUT2D eigenvalue weighted by molar-refractivity contribution is 0.414. The van der Waals surface area contributed by atoms with Crippen LogP contribution < -0.4 is 4.74 Å². The second kappa shape index (κ2) is 3.23. The highest BCUT2D eigenvalue weighted by Crippen LogP contribution is 2.20. The number of methoxy groups -OCH3 is 1. The van der Waals surface area contributed by atoms with Crippen molar-refractivity contribution < 1.29 is 4.74 Å². The third-order valence-electron chi connectivity index (χ3n) is 1.86. The number of ether oxygens (including phenoxy) is 1. The van der Waals surface area contributed by atoms with Crippen LogP contribution >= 0.6 is 11.6 Å². The van der Waals surface area contributed by atoms with Gasteiger partial charge in [-0.2, -0.15) is 0 Å². The summed E-state index contributed by atoms with van der Waals surface area (Å²) in [6, 6.07) is 7.52. The zero-order chi connectivity index (χ0) is 9.26. The zero-order valence-corrected chi connectivity index (χ0v) is 7.88. The van der Waals surface area contributed by atoms with Crippen molar-refractivity contribution in [2.45, 2.75) is 0 Å². The molecule has 1 aromatic heterocycles. The van der Waals surface area contributed by atoms with Crippen LogP contribution in [-0.2, 0) is 0 Å². The third kappa shape index (κ3) is 1.58. The molecule has 0 bridgehead atoms. The molecule has 0 radical (unpaired) electrons. The summed E-state index contributed by atoms with van der Waals surface area (Å²) in [7, 11) is 1.62. The average Bonchev–Trinajstić information content (AvgIpc) is 2.17. The highest BCUT2D eigenvalue weighted by Gasteiger charge is 1.97. The summed E-state index contributed by atoms with van der Waals surface area (Å²) in [6.45, 7) is 0. The monoisotopic (exact) mass is 193 g/mol. The fourth-order valence-electron chi connectivity index (χ4n) is 1.19. The van der Waals surface area contributed by atoms with E-state index in [9.17, 15) is 0 Å². The van der Waals surface area contributed by atoms with Crippen LogP contribution in [0.2, 0.25) is 5.02 Å². The molecule has 0 aliphatic rings. The number of benzene rings is 1. The van der Waals surface area contributed by atoms with Crippen LogP contribution in [-0.4, -0.2) is 12.1 Å². The van der Waals surface area contributed by atoms with Crippen LogP contribution in [0, 0.1) is 0 Å². The van der Waals surface area contributed by atoms with Crippen LogP contribution in [0.25, 0.3) is 10.9 Å². The summed E-state index contributed by atoms with van der Waals surface area (Å²) in [5, 5.41) is 1.73. The zero-order valence-electron chi connectivity index (χ0n) is 7.12. The number of halogens is 1. The summed E-state index contributed by atoms with van der Waals surface area (Å²) in [5.41, 5.74) is 0.883. The Morgan fingerprint density at radius 1 is 1.31 bits per heavy atom. The van der Waals surface area contributed by atoms with Gasteiger partial charge in [-0.05, 0) is 18.2 Å². The minimum atomic E-state index is 0.699. The van der Waals surface area contributed by atoms with E-state index in [1.54, 1.807) is 13.3 Å². The first-order chi connectivity index (χ1) is 6.29. The molecule has 13 heavy (non-hydrogen) atoms. The van der Waals surface area contributed by atoms with E-state index in [0.717, 1.165) is 16.7 Å². The Hall–Kier alpha value is -1.28. The van der Waals surface area contributed by atoms with Gasteiger partial charge in [0, 0.05) is 10.4 Å². The molecule has 0 aliphatic heterocycles. The maximum atomic E-state index is 5.82. The molecular weight excluding hydrogens is 186 g/mol. The molecule has 66 valence electrons. The van der Waals surface area contributed by atoms with Gasteiger partial charge >= 0.3 is 0 Å². The Labute approximate surface area is 81.1 Å². The van der Waals surface area contributed by atoms with Crippen LogP contribution in [0.1, 0.15) is 0 Å². The molecule has 1 heterocycles. The summed E-state index contributed by atoms with van der Waals surface area (Å²) in [5.74, 6) is 0.759. The first kappa shape index (κ1) is 8.32. The highest BCUT2D eigenvalue weighted by molar-refractivity contribution is 6.31. The van der Waals surface area contributed by atoms with Gasteiger partial charge in [0.2, 0.25) is 0 Å². The van der Waals surface area contributed by atoms with Crippen molar-refractivity contribution in [3.05, 3.63) is 35.5 Å². The van der Waals surface area contributed by atoms with Gasteiger partial charge in [0.15, 0.2) is 0 Å². The Morgan fingerprint density at radius 2 is 2.15 bits per heavy atom. The van der Waals surface area contributed by atoms with E-state index in [0.29, 0.717) is 5.02 Å². The SMILES string of the molecule is COc1cnc2cc(Cl)ccc2c1. The third-order valence-corrected chi connectivity index (χ3v) is 2.09. The minimum absolute atomic E-state index is 0.699. The van der Waals surface area contributed by atoms with E-state index in [4.69, 9.17) is 16.3 Å². The first-order valence-electron chi connectivity index (χ1n) is 3.89. The molecule has 0 spiro atoms. The quantitative estimate of drug-likeness (QED) is 0.695. The van der Waals surface area contributed by atoms with Gasteiger partial charge in [0.25, 0.3) is 0 Å². The molecule has 0 saturated carbocycles. The molecular formula is C10H8ClNO. The topological polar surface area (TPSA) is 22.1 Å². The molecule has 1 aromatic carbocycles. The van der Waals surface area contributed by atoms with Crippen LogP contribution in [0.4, 0.5) is 0 Å². The van der Waals surface area contributed by atoms with Crippen molar-refractivity contribution in [1.29, 1.82) is 0 Å². The molecule has 2 nitrogen and oxygen atoms in total. The minimum Gasteiger partial charge on any atom is -0.495 e. The number of nitrogens with zero attached hydrogens (tertiary/aromatic N) is 1. The number of aromatic nitrogens is 1. The van der Waals surface area contributed by atoms with Crippen LogP contribution in [0.5, 0.6) is 5.75 Å². The number of pyridine rings is 1. The van der Waals surface area contributed by atoms with Crippen molar-refractivity contribution in [3.8, 4) is 5.75 Å². The summed E-state index contributed by atoms with van der Waals surface area (Å²) >= 11 is 5.82. The van der Waals surface area contributed by atoms with Crippen LogP contribution in [0.15, 0.2) is 30.5 Å². The lowest BCUT2D eigenvalue weighted by Gasteiger charge is -2.01. The highest BCUT2D eigenvalue weighted by atomic mass is 35.5. The van der Waals surface area contributed by atoms with Gasteiger partial charge in [0.05, 0.1) is 18.8 Å².